The quantitative estimate of drug-likeness (QED) is 0.121. The SMILES string of the molecule is COC(=O)N[C@H](C(=O)N1CCC[C@H]1C1=NCC(c2cc(F)c3c(c2)OC(c2cc4c(s2)CC2(C4)OCCO2)n2c-3cc3cc(-c4cnc([C@@H]5CCCN5C(=O)[C@@H](NC(=O)OC)C(C)C)[nH]4)ccc32)=N1)C(C)C. The van der Waals surface area contributed by atoms with Gasteiger partial charge in [0.2, 0.25) is 18.0 Å². The molecule has 1 unspecified atom stereocenters. The van der Waals surface area contributed by atoms with Crippen LogP contribution in [0.15, 0.2) is 58.6 Å². The first-order valence-electron chi connectivity index (χ1n) is 24.8. The Balaban J connectivity index is 0.913. The Hall–Kier alpha value is -6.64. The minimum absolute atomic E-state index is 0.160. The van der Waals surface area contributed by atoms with E-state index >= 15 is 4.39 Å². The van der Waals surface area contributed by atoms with E-state index in [2.05, 4.69) is 32.3 Å². The summed E-state index contributed by atoms with van der Waals surface area (Å²) in [5, 5.41) is 6.26. The van der Waals surface area contributed by atoms with Gasteiger partial charge in [-0.05, 0) is 79.5 Å². The predicted octanol–water partition coefficient (Wildman–Crippen LogP) is 7.30. The number of fused-ring (bicyclic) bond motifs is 6. The highest BCUT2D eigenvalue weighted by Gasteiger charge is 2.46. The number of aromatic nitrogens is 3. The number of benzene rings is 2. The number of H-pyrrole nitrogens is 1. The van der Waals surface area contributed by atoms with E-state index in [0.29, 0.717) is 91.9 Å². The average Bonchev–Trinajstić information content (AvgIpc) is 4.22. The minimum atomic E-state index is -0.784. The van der Waals surface area contributed by atoms with Crippen LogP contribution in [-0.2, 0) is 41.4 Å². The number of carbonyl (C=O) groups is 4. The van der Waals surface area contributed by atoms with Gasteiger partial charge < -0.3 is 49.1 Å². The maximum Gasteiger partial charge on any atom is 0.407 e. The van der Waals surface area contributed by atoms with Crippen molar-refractivity contribution in [3.05, 3.63) is 81.2 Å². The van der Waals surface area contributed by atoms with Crippen LogP contribution in [0.1, 0.15) is 92.4 Å². The number of nitrogens with zero attached hydrogens (tertiary/aromatic N) is 6. The van der Waals surface area contributed by atoms with Crippen LogP contribution in [0.5, 0.6) is 5.75 Å². The number of hydrogen-bond acceptors (Lipinski definition) is 13. The fourth-order valence-corrected chi connectivity index (χ4v) is 12.5. The zero-order chi connectivity index (χ0) is 50.2. The molecule has 4 amide bonds. The Kier molecular flexibility index (Phi) is 12.4. The number of aromatic amines is 1. The largest absolute Gasteiger partial charge is 0.464 e. The molecule has 3 N–H and O–H groups in total. The predicted molar refractivity (Wildman–Crippen MR) is 266 cm³/mol. The van der Waals surface area contributed by atoms with Crippen LogP contribution < -0.4 is 15.4 Å². The Labute approximate surface area is 419 Å². The molecule has 0 bridgehead atoms. The van der Waals surface area contributed by atoms with Gasteiger partial charge in [0, 0.05) is 47.3 Å². The number of carbonyl (C=O) groups excluding carboxylic acids is 4. The van der Waals surface area contributed by atoms with E-state index in [1.807, 2.05) is 52.0 Å². The Bertz CT molecular complexity index is 3040. The molecule has 18 nitrogen and oxygen atoms in total. The number of alkyl carbamates (subject to hydrolysis) is 2. The molecule has 2 aromatic carbocycles. The summed E-state index contributed by atoms with van der Waals surface area (Å²) >= 11 is 1.65. The van der Waals surface area contributed by atoms with E-state index in [1.165, 1.54) is 25.2 Å². The lowest BCUT2D eigenvalue weighted by molar-refractivity contribution is -0.147. The fourth-order valence-electron chi connectivity index (χ4n) is 11.2. The summed E-state index contributed by atoms with van der Waals surface area (Å²) in [5.74, 6) is -0.343. The second kappa shape index (κ2) is 18.8. The first-order chi connectivity index (χ1) is 34.7. The van der Waals surface area contributed by atoms with Gasteiger partial charge in [-0.25, -0.2) is 24.0 Å². The molecule has 11 rings (SSSR count). The molecule has 3 saturated heterocycles. The highest BCUT2D eigenvalue weighted by Crippen LogP contribution is 2.50. The third-order valence-electron chi connectivity index (χ3n) is 14.8. The summed E-state index contributed by atoms with van der Waals surface area (Å²) in [6, 6.07) is 11.3. The number of ether oxygens (including phenoxy) is 5. The molecule has 20 heteroatoms. The molecule has 5 atom stereocenters. The molecule has 3 aromatic heterocycles. The maximum atomic E-state index is 17.1. The van der Waals surface area contributed by atoms with Crippen molar-refractivity contribution in [1.29, 1.82) is 0 Å². The van der Waals surface area contributed by atoms with Crippen molar-refractivity contribution < 1.29 is 47.3 Å². The number of nitrogens with one attached hydrogen (secondary N) is 3. The molecule has 6 aliphatic rings. The van der Waals surface area contributed by atoms with Crippen LogP contribution in [0, 0.1) is 17.7 Å². The van der Waals surface area contributed by atoms with Crippen LogP contribution in [0.3, 0.4) is 0 Å². The molecule has 1 spiro atoms. The number of halogens is 1. The first-order valence-corrected chi connectivity index (χ1v) is 25.6. The standard InChI is InChI=1S/C52H58FN9O9S/c1-26(2)43(58-50(65)67-5)47(63)60-13-7-9-36(60)45-54-24-33(56-45)28-11-12-35-30(17-28)19-38-42-32(53)18-29(20-39(42)71-49(62(35)38)40-21-31-22-52(23-41(31)72-40)69-15-16-70-52)34-25-55-46(57-34)37-10-8-14-61(37)48(64)44(27(3)4)59-51(66)68-6/h11-12,17-21,24,26-27,36-37,43-44,49H,7-10,13-16,22-23,25H2,1-6H3,(H,54,56)(H,58,65)(H,59,66)/t36-,37-,43-,44-,49?/m0/s1. The van der Waals surface area contributed by atoms with E-state index in [-0.39, 0.29) is 36.2 Å². The van der Waals surface area contributed by atoms with Crippen molar-refractivity contribution in [2.75, 3.05) is 47.1 Å². The van der Waals surface area contributed by atoms with Gasteiger partial charge in [0.1, 0.15) is 35.3 Å². The van der Waals surface area contributed by atoms with Crippen molar-refractivity contribution in [3.63, 3.8) is 0 Å². The Morgan fingerprint density at radius 3 is 2.21 bits per heavy atom. The second-order valence-electron chi connectivity index (χ2n) is 20.0. The van der Waals surface area contributed by atoms with Crippen LogP contribution in [-0.4, -0.2) is 131 Å². The molecular formula is C52H58FN9O9S. The lowest BCUT2D eigenvalue weighted by Gasteiger charge is -2.30. The van der Waals surface area contributed by atoms with Crippen LogP contribution in [0.4, 0.5) is 14.0 Å². The van der Waals surface area contributed by atoms with Gasteiger partial charge in [-0.2, -0.15) is 0 Å². The number of amidine groups is 1. The highest BCUT2D eigenvalue weighted by atomic mass is 32.1. The van der Waals surface area contributed by atoms with Crippen molar-refractivity contribution in [3.8, 4) is 28.3 Å². The lowest BCUT2D eigenvalue weighted by atomic mass is 10.0. The fraction of sp³-hybridized carbons (Fsp3) is 0.481. The van der Waals surface area contributed by atoms with Gasteiger partial charge in [-0.1, -0.05) is 33.8 Å². The monoisotopic (exact) mass is 1000 g/mol. The molecule has 1 aliphatic carbocycles. The van der Waals surface area contributed by atoms with E-state index in [9.17, 15) is 19.2 Å². The van der Waals surface area contributed by atoms with Crippen LogP contribution >= 0.6 is 11.3 Å². The molecule has 72 heavy (non-hydrogen) atoms. The van der Waals surface area contributed by atoms with Crippen molar-refractivity contribution >= 4 is 57.8 Å². The minimum Gasteiger partial charge on any atom is -0.464 e. The lowest BCUT2D eigenvalue weighted by Crippen LogP contribution is -2.53. The highest BCUT2D eigenvalue weighted by molar-refractivity contribution is 7.12. The van der Waals surface area contributed by atoms with E-state index < -0.39 is 48.1 Å². The molecule has 0 saturated carbocycles. The number of hydrogen-bond donors (Lipinski definition) is 3. The van der Waals surface area contributed by atoms with Crippen molar-refractivity contribution in [2.45, 2.75) is 102 Å². The number of imidazole rings is 1. The molecule has 0 radical (unpaired) electrons. The zero-order valence-corrected chi connectivity index (χ0v) is 41.9. The van der Waals surface area contributed by atoms with E-state index in [1.54, 1.807) is 27.3 Å². The molecule has 5 aliphatic heterocycles. The smallest absolute Gasteiger partial charge is 0.407 e. The number of aliphatic imine (C=N–C) groups is 2. The Morgan fingerprint density at radius 1 is 0.861 bits per heavy atom. The number of rotatable bonds is 11. The average molecular weight is 1000 g/mol. The van der Waals surface area contributed by atoms with E-state index in [4.69, 9.17) is 38.7 Å². The summed E-state index contributed by atoms with van der Waals surface area (Å²) in [6.07, 6.45) is 3.99. The normalized spacial score (nSPS) is 21.7. The van der Waals surface area contributed by atoms with Crippen LogP contribution in [0.2, 0.25) is 0 Å². The van der Waals surface area contributed by atoms with Gasteiger partial charge in [0.05, 0.1) is 85.3 Å². The summed E-state index contributed by atoms with van der Waals surface area (Å²) < 4.78 is 47.9. The first kappa shape index (κ1) is 47.7. The summed E-state index contributed by atoms with van der Waals surface area (Å²) in [7, 11) is 2.54. The maximum absolute atomic E-state index is 17.1. The molecule has 378 valence electrons. The van der Waals surface area contributed by atoms with E-state index in [0.717, 1.165) is 45.4 Å². The molecule has 5 aromatic rings. The summed E-state index contributed by atoms with van der Waals surface area (Å²) in [6.45, 7) is 9.87. The number of amides is 4. The van der Waals surface area contributed by atoms with Crippen LogP contribution in [0.25, 0.3) is 33.4 Å². The van der Waals surface area contributed by atoms with Crippen molar-refractivity contribution in [1.82, 2.24) is 35.0 Å². The topological polar surface area (TPSA) is 203 Å². The molecular weight excluding hydrogens is 946 g/mol. The third-order valence-corrected chi connectivity index (χ3v) is 16.0. The third kappa shape index (κ3) is 8.39. The van der Waals surface area contributed by atoms with Gasteiger partial charge in [-0.15, -0.1) is 11.3 Å². The van der Waals surface area contributed by atoms with Gasteiger partial charge in [-0.3, -0.25) is 19.1 Å². The van der Waals surface area contributed by atoms with Gasteiger partial charge in [0.25, 0.3) is 0 Å². The molecule has 8 heterocycles. The number of methoxy groups -OCH3 is 2. The molecule has 3 fully saturated rings. The zero-order valence-electron chi connectivity index (χ0n) is 41.1. The number of likely N-dealkylation sites (tertiary alicyclic amines) is 2. The number of thiophene rings is 1. The van der Waals surface area contributed by atoms with Gasteiger partial charge >= 0.3 is 12.2 Å². The van der Waals surface area contributed by atoms with Gasteiger partial charge in [0.15, 0.2) is 5.79 Å². The van der Waals surface area contributed by atoms with Crippen molar-refractivity contribution in [2.24, 2.45) is 21.8 Å². The summed E-state index contributed by atoms with van der Waals surface area (Å²) in [4.78, 5) is 75.7. The second-order valence-corrected chi connectivity index (χ2v) is 21.2. The Morgan fingerprint density at radius 2 is 1.54 bits per heavy atom. The summed E-state index contributed by atoms with van der Waals surface area (Å²) in [5.41, 5.74) is 5.68.